The van der Waals surface area contributed by atoms with E-state index in [4.69, 9.17) is 15.6 Å². The van der Waals surface area contributed by atoms with Gasteiger partial charge in [0.05, 0.1) is 6.61 Å². The molecule has 0 aliphatic carbocycles. The minimum Gasteiger partial charge on any atom is -0.493 e. The van der Waals surface area contributed by atoms with Crippen molar-refractivity contribution in [3.63, 3.8) is 0 Å². The number of ether oxygens (including phenoxy) is 1. The molecule has 0 bridgehead atoms. The molecule has 0 spiro atoms. The lowest BCUT2D eigenvalue weighted by Gasteiger charge is -2.08. The van der Waals surface area contributed by atoms with Crippen molar-refractivity contribution in [3.05, 3.63) is 18.2 Å². The molecule has 3 nitrogen and oxygen atoms in total. The van der Waals surface area contributed by atoms with E-state index in [0.29, 0.717) is 6.61 Å². The SMILES string of the molecule is CCCOc1cc(N)cc(SCCCO)c1. The monoisotopic (exact) mass is 241 g/mol. The van der Waals surface area contributed by atoms with Crippen LogP contribution in [0.3, 0.4) is 0 Å². The maximum Gasteiger partial charge on any atom is 0.122 e. The normalized spacial score (nSPS) is 10.4. The average Bonchev–Trinajstić information content (AvgIpc) is 2.26. The van der Waals surface area contributed by atoms with E-state index >= 15 is 0 Å². The number of hydrogen-bond donors (Lipinski definition) is 2. The van der Waals surface area contributed by atoms with Crippen LogP contribution in [-0.4, -0.2) is 24.1 Å². The molecule has 4 heteroatoms. The molecule has 0 fully saturated rings. The van der Waals surface area contributed by atoms with Gasteiger partial charge in [0.2, 0.25) is 0 Å². The Morgan fingerprint density at radius 2 is 2.19 bits per heavy atom. The molecule has 16 heavy (non-hydrogen) atoms. The zero-order chi connectivity index (χ0) is 11.8. The summed E-state index contributed by atoms with van der Waals surface area (Å²) in [5, 5.41) is 8.71. The highest BCUT2D eigenvalue weighted by atomic mass is 32.2. The van der Waals surface area contributed by atoms with Crippen LogP contribution in [0.25, 0.3) is 0 Å². The molecule has 1 aromatic rings. The average molecular weight is 241 g/mol. The minimum atomic E-state index is 0.231. The van der Waals surface area contributed by atoms with Gasteiger partial charge in [-0.1, -0.05) is 6.92 Å². The molecule has 1 rings (SSSR count). The fourth-order valence-electron chi connectivity index (χ4n) is 1.23. The molecule has 0 atom stereocenters. The number of thioether (sulfide) groups is 1. The molecule has 0 saturated carbocycles. The Morgan fingerprint density at radius 1 is 1.38 bits per heavy atom. The van der Waals surface area contributed by atoms with Crippen molar-refractivity contribution in [1.29, 1.82) is 0 Å². The van der Waals surface area contributed by atoms with Gasteiger partial charge in [-0.2, -0.15) is 0 Å². The number of aliphatic hydroxyl groups is 1. The van der Waals surface area contributed by atoms with Crippen molar-refractivity contribution in [2.45, 2.75) is 24.7 Å². The van der Waals surface area contributed by atoms with Crippen LogP contribution >= 0.6 is 11.8 Å². The number of hydrogen-bond acceptors (Lipinski definition) is 4. The van der Waals surface area contributed by atoms with Gasteiger partial charge in [-0.15, -0.1) is 11.8 Å². The first kappa shape index (κ1) is 13.2. The van der Waals surface area contributed by atoms with Crippen LogP contribution in [0.15, 0.2) is 23.1 Å². The summed E-state index contributed by atoms with van der Waals surface area (Å²) in [5.74, 6) is 1.72. The molecular formula is C12H19NO2S. The number of anilines is 1. The minimum absolute atomic E-state index is 0.231. The number of aliphatic hydroxyl groups excluding tert-OH is 1. The zero-order valence-electron chi connectivity index (χ0n) is 9.61. The Kier molecular flexibility index (Phi) is 6.11. The van der Waals surface area contributed by atoms with Gasteiger partial charge in [0.25, 0.3) is 0 Å². The second-order valence-electron chi connectivity index (χ2n) is 3.51. The van der Waals surface area contributed by atoms with E-state index in [1.54, 1.807) is 11.8 Å². The van der Waals surface area contributed by atoms with E-state index in [-0.39, 0.29) is 6.61 Å². The summed E-state index contributed by atoms with van der Waals surface area (Å²) in [6.45, 7) is 3.02. The molecule has 3 N–H and O–H groups in total. The van der Waals surface area contributed by atoms with Crippen LogP contribution in [0.1, 0.15) is 19.8 Å². The predicted molar refractivity (Wildman–Crippen MR) is 69.1 cm³/mol. The Labute approximate surface area is 101 Å². The zero-order valence-corrected chi connectivity index (χ0v) is 10.4. The number of rotatable bonds is 7. The molecule has 0 aliphatic heterocycles. The lowest BCUT2D eigenvalue weighted by atomic mass is 10.3. The number of nitrogens with two attached hydrogens (primary N) is 1. The third-order valence-electron chi connectivity index (χ3n) is 1.95. The van der Waals surface area contributed by atoms with Crippen molar-refractivity contribution in [2.24, 2.45) is 0 Å². The smallest absolute Gasteiger partial charge is 0.122 e. The molecule has 0 aliphatic rings. The van der Waals surface area contributed by atoms with Crippen molar-refractivity contribution in [1.82, 2.24) is 0 Å². The summed E-state index contributed by atoms with van der Waals surface area (Å²) >= 11 is 1.69. The third kappa shape index (κ3) is 4.77. The maximum absolute atomic E-state index is 8.71. The molecule has 0 aromatic heterocycles. The molecule has 0 unspecified atom stereocenters. The topological polar surface area (TPSA) is 55.5 Å². The number of nitrogen functional groups attached to an aromatic ring is 1. The molecule has 90 valence electrons. The quantitative estimate of drug-likeness (QED) is 0.437. The Balaban J connectivity index is 2.58. The van der Waals surface area contributed by atoms with Gasteiger partial charge in [0, 0.05) is 29.0 Å². The Bertz CT molecular complexity index is 318. The summed E-state index contributed by atoms with van der Waals surface area (Å²) in [7, 11) is 0. The van der Waals surface area contributed by atoms with Crippen LogP contribution in [0.4, 0.5) is 5.69 Å². The lowest BCUT2D eigenvalue weighted by molar-refractivity contribution is 0.296. The van der Waals surface area contributed by atoms with Gasteiger partial charge >= 0.3 is 0 Å². The summed E-state index contributed by atoms with van der Waals surface area (Å²) < 4.78 is 5.54. The molecule has 0 saturated heterocycles. The fourth-order valence-corrected chi connectivity index (χ4v) is 2.16. The summed E-state index contributed by atoms with van der Waals surface area (Å²) in [5.41, 5.74) is 6.51. The van der Waals surface area contributed by atoms with Crippen LogP contribution in [-0.2, 0) is 0 Å². The van der Waals surface area contributed by atoms with E-state index in [1.807, 2.05) is 18.2 Å². The van der Waals surface area contributed by atoms with Gasteiger partial charge in [-0.25, -0.2) is 0 Å². The highest BCUT2D eigenvalue weighted by Crippen LogP contribution is 2.27. The Morgan fingerprint density at radius 3 is 2.88 bits per heavy atom. The molecular weight excluding hydrogens is 222 g/mol. The third-order valence-corrected chi connectivity index (χ3v) is 3.01. The highest BCUT2D eigenvalue weighted by Gasteiger charge is 2.00. The molecule has 0 heterocycles. The lowest BCUT2D eigenvalue weighted by Crippen LogP contribution is -1.96. The van der Waals surface area contributed by atoms with Crippen molar-refractivity contribution in [3.8, 4) is 5.75 Å². The van der Waals surface area contributed by atoms with Gasteiger partial charge in [-0.05, 0) is 25.0 Å². The van der Waals surface area contributed by atoms with Crippen LogP contribution < -0.4 is 10.5 Å². The van der Waals surface area contributed by atoms with Crippen LogP contribution in [0.5, 0.6) is 5.75 Å². The molecule has 0 amide bonds. The van der Waals surface area contributed by atoms with E-state index in [9.17, 15) is 0 Å². The van der Waals surface area contributed by atoms with E-state index < -0.39 is 0 Å². The van der Waals surface area contributed by atoms with Crippen LogP contribution in [0.2, 0.25) is 0 Å². The second-order valence-corrected chi connectivity index (χ2v) is 4.68. The first-order valence-electron chi connectivity index (χ1n) is 5.53. The first-order valence-corrected chi connectivity index (χ1v) is 6.52. The second kappa shape index (κ2) is 7.41. The van der Waals surface area contributed by atoms with Crippen molar-refractivity contribution < 1.29 is 9.84 Å². The molecule has 1 aromatic carbocycles. The fraction of sp³-hybridized carbons (Fsp3) is 0.500. The van der Waals surface area contributed by atoms with Crippen molar-refractivity contribution in [2.75, 3.05) is 24.7 Å². The van der Waals surface area contributed by atoms with Gasteiger partial charge in [0.15, 0.2) is 0 Å². The van der Waals surface area contributed by atoms with Crippen LogP contribution in [0, 0.1) is 0 Å². The summed E-state index contributed by atoms with van der Waals surface area (Å²) in [4.78, 5) is 1.10. The first-order chi connectivity index (χ1) is 7.76. The Hall–Kier alpha value is -0.870. The molecule has 0 radical (unpaired) electrons. The predicted octanol–water partition coefficient (Wildman–Crippen LogP) is 2.53. The van der Waals surface area contributed by atoms with Gasteiger partial charge in [-0.3, -0.25) is 0 Å². The maximum atomic E-state index is 8.71. The van der Waals surface area contributed by atoms with Gasteiger partial charge in [0.1, 0.15) is 5.75 Å². The standard InChI is InChI=1S/C12H19NO2S/c1-2-5-15-11-7-10(13)8-12(9-11)16-6-3-4-14/h7-9,14H,2-6,13H2,1H3. The van der Waals surface area contributed by atoms with Crippen molar-refractivity contribution >= 4 is 17.4 Å². The largest absolute Gasteiger partial charge is 0.493 e. The summed E-state index contributed by atoms with van der Waals surface area (Å²) in [6.07, 6.45) is 1.78. The van der Waals surface area contributed by atoms with E-state index in [0.717, 1.165) is 34.9 Å². The van der Waals surface area contributed by atoms with Gasteiger partial charge < -0.3 is 15.6 Å². The highest BCUT2D eigenvalue weighted by molar-refractivity contribution is 7.99. The van der Waals surface area contributed by atoms with E-state index in [2.05, 4.69) is 6.92 Å². The number of benzene rings is 1. The van der Waals surface area contributed by atoms with E-state index in [1.165, 1.54) is 0 Å². The summed E-state index contributed by atoms with van der Waals surface area (Å²) in [6, 6.07) is 5.76.